The van der Waals surface area contributed by atoms with Gasteiger partial charge in [-0.15, -0.1) is 12.4 Å². The number of halogens is 2. The number of nitrogens with zero attached hydrogens (tertiary/aromatic N) is 1. The average Bonchev–Trinajstić information content (AvgIpc) is 2.40. The van der Waals surface area contributed by atoms with Gasteiger partial charge in [0, 0.05) is 31.2 Å². The summed E-state index contributed by atoms with van der Waals surface area (Å²) in [6, 6.07) is 5.19. The fourth-order valence-corrected chi connectivity index (χ4v) is 2.24. The predicted octanol–water partition coefficient (Wildman–Crippen LogP) is 2.59. The Bertz CT molecular complexity index is 460. The van der Waals surface area contributed by atoms with Crippen LogP contribution in [0.15, 0.2) is 18.2 Å². The van der Waals surface area contributed by atoms with Crippen LogP contribution in [0.2, 0.25) is 5.02 Å². The zero-order valence-electron chi connectivity index (χ0n) is 11.7. The molecular formula is C14H20Cl2N2O2. The van der Waals surface area contributed by atoms with Gasteiger partial charge >= 0.3 is 0 Å². The second-order valence-electron chi connectivity index (χ2n) is 4.85. The normalized spacial score (nSPS) is 14.9. The molecule has 1 heterocycles. The highest BCUT2D eigenvalue weighted by molar-refractivity contribution is 6.31. The van der Waals surface area contributed by atoms with Gasteiger partial charge in [0.1, 0.15) is 5.75 Å². The summed E-state index contributed by atoms with van der Waals surface area (Å²) in [7, 11) is 0. The van der Waals surface area contributed by atoms with Gasteiger partial charge in [-0.1, -0.05) is 11.6 Å². The number of amides is 1. The molecule has 2 rings (SSSR count). The van der Waals surface area contributed by atoms with E-state index in [1.54, 1.807) is 18.2 Å². The lowest BCUT2D eigenvalue weighted by molar-refractivity contribution is 0.0729. The second-order valence-corrected chi connectivity index (χ2v) is 5.29. The summed E-state index contributed by atoms with van der Waals surface area (Å²) in [6.45, 7) is 6.96. The number of benzene rings is 1. The van der Waals surface area contributed by atoms with Crippen molar-refractivity contribution >= 4 is 29.9 Å². The minimum Gasteiger partial charge on any atom is -0.490 e. The van der Waals surface area contributed by atoms with E-state index in [1.165, 1.54) is 0 Å². The Labute approximate surface area is 130 Å². The van der Waals surface area contributed by atoms with Crippen molar-refractivity contribution in [3.8, 4) is 5.75 Å². The number of ether oxygens (including phenoxy) is 1. The third-order valence-corrected chi connectivity index (χ3v) is 3.17. The Balaban J connectivity index is 0.00000200. The van der Waals surface area contributed by atoms with Gasteiger partial charge in [-0.05, 0) is 32.0 Å². The van der Waals surface area contributed by atoms with Crippen molar-refractivity contribution in [2.75, 3.05) is 26.2 Å². The van der Waals surface area contributed by atoms with Crippen molar-refractivity contribution < 1.29 is 9.53 Å². The van der Waals surface area contributed by atoms with Crippen LogP contribution in [0.4, 0.5) is 0 Å². The van der Waals surface area contributed by atoms with Crippen LogP contribution in [-0.4, -0.2) is 43.1 Å². The zero-order chi connectivity index (χ0) is 13.8. The molecular weight excluding hydrogens is 299 g/mol. The van der Waals surface area contributed by atoms with E-state index in [0.29, 0.717) is 29.4 Å². The van der Waals surface area contributed by atoms with Crippen molar-refractivity contribution in [3.05, 3.63) is 28.8 Å². The monoisotopic (exact) mass is 318 g/mol. The minimum absolute atomic E-state index is 0. The summed E-state index contributed by atoms with van der Waals surface area (Å²) in [6.07, 6.45) is 0.0238. The van der Waals surface area contributed by atoms with E-state index in [-0.39, 0.29) is 24.4 Å². The topological polar surface area (TPSA) is 41.6 Å². The molecule has 1 aliphatic rings. The van der Waals surface area contributed by atoms with E-state index in [1.807, 2.05) is 18.7 Å². The first kappa shape index (κ1) is 17.1. The molecule has 1 aliphatic heterocycles. The van der Waals surface area contributed by atoms with Gasteiger partial charge in [-0.25, -0.2) is 0 Å². The molecule has 1 aromatic carbocycles. The first-order valence-electron chi connectivity index (χ1n) is 6.54. The molecule has 0 aromatic heterocycles. The van der Waals surface area contributed by atoms with Crippen LogP contribution in [0.3, 0.4) is 0 Å². The number of carbonyl (C=O) groups excluding carboxylic acids is 1. The fourth-order valence-electron chi connectivity index (χ4n) is 2.06. The molecule has 0 unspecified atom stereocenters. The zero-order valence-corrected chi connectivity index (χ0v) is 13.3. The van der Waals surface area contributed by atoms with Crippen molar-refractivity contribution in [1.29, 1.82) is 0 Å². The molecule has 20 heavy (non-hydrogen) atoms. The molecule has 1 saturated heterocycles. The van der Waals surface area contributed by atoms with Crippen LogP contribution in [0.25, 0.3) is 0 Å². The molecule has 4 nitrogen and oxygen atoms in total. The van der Waals surface area contributed by atoms with Gasteiger partial charge < -0.3 is 15.0 Å². The summed E-state index contributed by atoms with van der Waals surface area (Å²) in [5.41, 5.74) is 0.545. The molecule has 112 valence electrons. The van der Waals surface area contributed by atoms with Crippen LogP contribution >= 0.6 is 24.0 Å². The number of rotatable bonds is 3. The number of carbonyl (C=O) groups is 1. The lowest BCUT2D eigenvalue weighted by Gasteiger charge is -2.28. The van der Waals surface area contributed by atoms with E-state index < -0.39 is 0 Å². The third kappa shape index (κ3) is 4.27. The van der Waals surface area contributed by atoms with Crippen molar-refractivity contribution in [3.63, 3.8) is 0 Å². The van der Waals surface area contributed by atoms with Crippen LogP contribution in [0.5, 0.6) is 5.75 Å². The van der Waals surface area contributed by atoms with Crippen LogP contribution in [0, 0.1) is 0 Å². The van der Waals surface area contributed by atoms with Gasteiger partial charge in [-0.3, -0.25) is 4.79 Å². The number of nitrogens with one attached hydrogen (secondary N) is 1. The number of piperazine rings is 1. The Morgan fingerprint density at radius 2 is 2.00 bits per heavy atom. The maximum atomic E-state index is 12.5. The van der Waals surface area contributed by atoms with Crippen LogP contribution in [0.1, 0.15) is 24.2 Å². The smallest absolute Gasteiger partial charge is 0.257 e. The van der Waals surface area contributed by atoms with Gasteiger partial charge in [0.15, 0.2) is 0 Å². The quantitative estimate of drug-likeness (QED) is 0.931. The Hall–Kier alpha value is -0.970. The summed E-state index contributed by atoms with van der Waals surface area (Å²) in [4.78, 5) is 14.3. The Kier molecular flexibility index (Phi) is 6.59. The summed E-state index contributed by atoms with van der Waals surface area (Å²) in [5.74, 6) is 0.586. The van der Waals surface area contributed by atoms with Crippen molar-refractivity contribution in [1.82, 2.24) is 10.2 Å². The molecule has 1 aromatic rings. The summed E-state index contributed by atoms with van der Waals surface area (Å²) >= 11 is 6.00. The third-order valence-electron chi connectivity index (χ3n) is 2.94. The highest BCUT2D eigenvalue weighted by Crippen LogP contribution is 2.25. The molecule has 0 bridgehead atoms. The SMILES string of the molecule is CC(C)Oc1ccc(Cl)cc1C(=O)N1CCNCC1.Cl. The van der Waals surface area contributed by atoms with Gasteiger partial charge in [0.05, 0.1) is 11.7 Å². The van der Waals surface area contributed by atoms with E-state index >= 15 is 0 Å². The van der Waals surface area contributed by atoms with Gasteiger partial charge in [0.2, 0.25) is 0 Å². The Morgan fingerprint density at radius 3 is 2.60 bits per heavy atom. The van der Waals surface area contributed by atoms with Crippen molar-refractivity contribution in [2.45, 2.75) is 20.0 Å². The fraction of sp³-hybridized carbons (Fsp3) is 0.500. The first-order valence-corrected chi connectivity index (χ1v) is 6.92. The standard InChI is InChI=1S/C14H19ClN2O2.ClH/c1-10(2)19-13-4-3-11(15)9-12(13)14(18)17-7-5-16-6-8-17;/h3-4,9-10,16H,5-8H2,1-2H3;1H. The molecule has 6 heteroatoms. The highest BCUT2D eigenvalue weighted by Gasteiger charge is 2.22. The van der Waals surface area contributed by atoms with Crippen LogP contribution in [-0.2, 0) is 0 Å². The van der Waals surface area contributed by atoms with Gasteiger partial charge in [0.25, 0.3) is 5.91 Å². The maximum Gasteiger partial charge on any atom is 0.257 e. The lowest BCUT2D eigenvalue weighted by Crippen LogP contribution is -2.46. The van der Waals surface area contributed by atoms with E-state index in [2.05, 4.69) is 5.32 Å². The molecule has 0 saturated carbocycles. The van der Waals surface area contributed by atoms with Gasteiger partial charge in [-0.2, -0.15) is 0 Å². The average molecular weight is 319 g/mol. The molecule has 0 atom stereocenters. The predicted molar refractivity (Wildman–Crippen MR) is 83.2 cm³/mol. The summed E-state index contributed by atoms with van der Waals surface area (Å²) < 4.78 is 5.69. The highest BCUT2D eigenvalue weighted by atomic mass is 35.5. The molecule has 0 radical (unpaired) electrons. The molecule has 1 amide bonds. The molecule has 1 N–H and O–H groups in total. The number of hydrogen-bond donors (Lipinski definition) is 1. The van der Waals surface area contributed by atoms with Crippen molar-refractivity contribution in [2.24, 2.45) is 0 Å². The summed E-state index contributed by atoms with van der Waals surface area (Å²) in [5, 5.41) is 3.78. The maximum absolute atomic E-state index is 12.5. The van der Waals surface area contributed by atoms with Crippen LogP contribution < -0.4 is 10.1 Å². The lowest BCUT2D eigenvalue weighted by atomic mass is 10.1. The van der Waals surface area contributed by atoms with E-state index in [4.69, 9.17) is 16.3 Å². The minimum atomic E-state index is -0.0142. The number of hydrogen-bond acceptors (Lipinski definition) is 3. The second kappa shape index (κ2) is 7.72. The van der Waals surface area contributed by atoms with E-state index in [0.717, 1.165) is 13.1 Å². The Morgan fingerprint density at radius 1 is 1.35 bits per heavy atom. The van der Waals surface area contributed by atoms with E-state index in [9.17, 15) is 4.79 Å². The molecule has 0 spiro atoms. The largest absolute Gasteiger partial charge is 0.490 e. The first-order chi connectivity index (χ1) is 9.08. The molecule has 0 aliphatic carbocycles. The molecule has 1 fully saturated rings.